The van der Waals surface area contributed by atoms with E-state index in [0.717, 1.165) is 16.7 Å². The lowest BCUT2D eigenvalue weighted by Gasteiger charge is -2.28. The second-order valence-electron chi connectivity index (χ2n) is 4.32. The molecule has 0 aliphatic carbocycles. The number of ether oxygens (including phenoxy) is 1. The van der Waals surface area contributed by atoms with E-state index in [1.165, 1.54) is 5.39 Å². The number of nitrogens with two attached hydrogens (primary N) is 1. The van der Waals surface area contributed by atoms with Crippen molar-refractivity contribution >= 4 is 16.8 Å². The van der Waals surface area contributed by atoms with Crippen molar-refractivity contribution in [3.8, 4) is 5.75 Å². The summed E-state index contributed by atoms with van der Waals surface area (Å²) in [7, 11) is 0. The minimum atomic E-state index is -0.711. The third kappa shape index (κ3) is 1.39. The van der Waals surface area contributed by atoms with Crippen LogP contribution in [0.1, 0.15) is 12.5 Å². The molecule has 3 rings (SSSR count). The zero-order valence-corrected chi connectivity index (χ0v) is 9.10. The Balaban J connectivity index is 2.31. The first-order valence-corrected chi connectivity index (χ1v) is 5.35. The number of benzene rings is 2. The SMILES string of the molecule is CC1(N)C=Cc2ccc3ccccc3c2O1. The summed E-state index contributed by atoms with van der Waals surface area (Å²) in [5.41, 5.74) is 6.35. The zero-order valence-electron chi connectivity index (χ0n) is 9.10. The molecule has 1 aliphatic rings. The smallest absolute Gasteiger partial charge is 0.175 e. The van der Waals surface area contributed by atoms with Crippen LogP contribution >= 0.6 is 0 Å². The lowest BCUT2D eigenvalue weighted by atomic mass is 10.0. The first-order chi connectivity index (χ1) is 7.66. The van der Waals surface area contributed by atoms with Gasteiger partial charge in [-0.05, 0) is 24.5 Å². The standard InChI is InChI=1S/C14H13NO/c1-14(15)9-8-11-7-6-10-4-2-3-5-12(10)13(11)16-14/h2-9H,15H2,1H3. The molecular weight excluding hydrogens is 198 g/mol. The monoisotopic (exact) mass is 211 g/mol. The molecule has 0 spiro atoms. The predicted molar refractivity (Wildman–Crippen MR) is 66.2 cm³/mol. The fourth-order valence-corrected chi connectivity index (χ4v) is 2.01. The van der Waals surface area contributed by atoms with E-state index in [-0.39, 0.29) is 0 Å². The highest BCUT2D eigenvalue weighted by molar-refractivity contribution is 5.92. The topological polar surface area (TPSA) is 35.2 Å². The van der Waals surface area contributed by atoms with Gasteiger partial charge in [-0.2, -0.15) is 0 Å². The molecule has 0 radical (unpaired) electrons. The summed E-state index contributed by atoms with van der Waals surface area (Å²) in [4.78, 5) is 0. The van der Waals surface area contributed by atoms with Gasteiger partial charge in [-0.25, -0.2) is 0 Å². The van der Waals surface area contributed by atoms with Crippen molar-refractivity contribution < 1.29 is 4.74 Å². The minimum Gasteiger partial charge on any atom is -0.468 e. The molecule has 0 aromatic heterocycles. The van der Waals surface area contributed by atoms with E-state index < -0.39 is 5.72 Å². The summed E-state index contributed by atoms with van der Waals surface area (Å²) in [6, 6.07) is 12.3. The molecule has 0 bridgehead atoms. The van der Waals surface area contributed by atoms with Crippen molar-refractivity contribution in [1.29, 1.82) is 0 Å². The summed E-state index contributed by atoms with van der Waals surface area (Å²) in [5, 5.41) is 2.29. The van der Waals surface area contributed by atoms with E-state index in [9.17, 15) is 0 Å². The van der Waals surface area contributed by atoms with Crippen LogP contribution in [0.4, 0.5) is 0 Å². The molecule has 2 heteroatoms. The average Bonchev–Trinajstić information content (AvgIpc) is 2.28. The Morgan fingerprint density at radius 3 is 2.81 bits per heavy atom. The molecule has 1 atom stereocenters. The molecule has 2 N–H and O–H groups in total. The minimum absolute atomic E-state index is 0.711. The van der Waals surface area contributed by atoms with Gasteiger partial charge >= 0.3 is 0 Å². The van der Waals surface area contributed by atoms with Gasteiger partial charge in [-0.1, -0.05) is 36.4 Å². The fourth-order valence-electron chi connectivity index (χ4n) is 2.01. The van der Waals surface area contributed by atoms with Gasteiger partial charge in [0.15, 0.2) is 5.72 Å². The van der Waals surface area contributed by atoms with Gasteiger partial charge in [0.05, 0.1) is 0 Å². The highest BCUT2D eigenvalue weighted by Gasteiger charge is 2.23. The highest BCUT2D eigenvalue weighted by Crippen LogP contribution is 2.35. The number of rotatable bonds is 0. The quantitative estimate of drug-likeness (QED) is 0.727. The van der Waals surface area contributed by atoms with Crippen LogP contribution in [-0.2, 0) is 0 Å². The van der Waals surface area contributed by atoms with Gasteiger partial charge in [-0.15, -0.1) is 0 Å². The van der Waals surface area contributed by atoms with E-state index in [1.54, 1.807) is 0 Å². The first-order valence-electron chi connectivity index (χ1n) is 5.35. The van der Waals surface area contributed by atoms with E-state index in [1.807, 2.05) is 31.2 Å². The normalized spacial score (nSPS) is 22.9. The summed E-state index contributed by atoms with van der Waals surface area (Å²) in [6.45, 7) is 1.86. The van der Waals surface area contributed by atoms with Crippen molar-refractivity contribution in [2.75, 3.05) is 0 Å². The van der Waals surface area contributed by atoms with Gasteiger partial charge in [0.25, 0.3) is 0 Å². The fraction of sp³-hybridized carbons (Fsp3) is 0.143. The van der Waals surface area contributed by atoms with Crippen LogP contribution in [0.25, 0.3) is 16.8 Å². The second kappa shape index (κ2) is 3.09. The van der Waals surface area contributed by atoms with Gasteiger partial charge in [0.2, 0.25) is 0 Å². The molecule has 2 nitrogen and oxygen atoms in total. The summed E-state index contributed by atoms with van der Waals surface area (Å²) in [6.07, 6.45) is 3.90. The summed E-state index contributed by atoms with van der Waals surface area (Å²) >= 11 is 0. The number of hydrogen-bond donors (Lipinski definition) is 1. The lowest BCUT2D eigenvalue weighted by molar-refractivity contribution is 0.148. The molecule has 0 saturated carbocycles. The van der Waals surface area contributed by atoms with E-state index >= 15 is 0 Å². The van der Waals surface area contributed by atoms with E-state index in [4.69, 9.17) is 10.5 Å². The van der Waals surface area contributed by atoms with Gasteiger partial charge in [0.1, 0.15) is 5.75 Å². The van der Waals surface area contributed by atoms with E-state index in [0.29, 0.717) is 0 Å². The van der Waals surface area contributed by atoms with Crippen molar-refractivity contribution in [1.82, 2.24) is 0 Å². The predicted octanol–water partition coefficient (Wildman–Crippen LogP) is 2.92. The molecule has 1 aliphatic heterocycles. The van der Waals surface area contributed by atoms with Crippen molar-refractivity contribution in [3.63, 3.8) is 0 Å². The largest absolute Gasteiger partial charge is 0.468 e. The van der Waals surface area contributed by atoms with Gasteiger partial charge in [-0.3, -0.25) is 5.73 Å². The maximum Gasteiger partial charge on any atom is 0.175 e. The maximum atomic E-state index is 5.97. The van der Waals surface area contributed by atoms with Crippen LogP contribution in [-0.4, -0.2) is 5.72 Å². The molecule has 1 unspecified atom stereocenters. The van der Waals surface area contributed by atoms with E-state index in [2.05, 4.69) is 24.3 Å². The van der Waals surface area contributed by atoms with Crippen LogP contribution < -0.4 is 10.5 Å². The Kier molecular flexibility index (Phi) is 1.82. The summed E-state index contributed by atoms with van der Waals surface area (Å²) < 4.78 is 5.82. The molecule has 16 heavy (non-hydrogen) atoms. The van der Waals surface area contributed by atoms with Crippen molar-refractivity contribution in [3.05, 3.63) is 48.0 Å². The number of hydrogen-bond acceptors (Lipinski definition) is 2. The maximum absolute atomic E-state index is 5.97. The third-order valence-corrected chi connectivity index (χ3v) is 2.83. The zero-order chi connectivity index (χ0) is 11.2. The third-order valence-electron chi connectivity index (χ3n) is 2.83. The van der Waals surface area contributed by atoms with Crippen LogP contribution in [0, 0.1) is 0 Å². The average molecular weight is 211 g/mol. The Morgan fingerprint density at radius 1 is 1.12 bits per heavy atom. The Labute approximate surface area is 94.3 Å². The van der Waals surface area contributed by atoms with Crippen molar-refractivity contribution in [2.45, 2.75) is 12.6 Å². The van der Waals surface area contributed by atoms with Crippen LogP contribution in [0.3, 0.4) is 0 Å². The number of fused-ring (bicyclic) bond motifs is 3. The lowest BCUT2D eigenvalue weighted by Crippen LogP contribution is -2.41. The van der Waals surface area contributed by atoms with Crippen LogP contribution in [0.2, 0.25) is 0 Å². The molecule has 2 aromatic rings. The molecule has 1 heterocycles. The van der Waals surface area contributed by atoms with Gasteiger partial charge < -0.3 is 4.74 Å². The molecule has 2 aromatic carbocycles. The second-order valence-corrected chi connectivity index (χ2v) is 4.32. The van der Waals surface area contributed by atoms with Crippen molar-refractivity contribution in [2.24, 2.45) is 5.73 Å². The molecule has 0 fully saturated rings. The molecule has 80 valence electrons. The molecule has 0 amide bonds. The van der Waals surface area contributed by atoms with Crippen LogP contribution in [0.5, 0.6) is 5.75 Å². The Morgan fingerprint density at radius 2 is 1.94 bits per heavy atom. The Hall–Kier alpha value is -1.80. The molecular formula is C14H13NO. The molecule has 0 saturated heterocycles. The summed E-state index contributed by atoms with van der Waals surface area (Å²) in [5.74, 6) is 0.880. The van der Waals surface area contributed by atoms with Gasteiger partial charge in [0, 0.05) is 10.9 Å². The Bertz CT molecular complexity index is 584. The van der Waals surface area contributed by atoms with Crippen LogP contribution in [0.15, 0.2) is 42.5 Å². The highest BCUT2D eigenvalue weighted by atomic mass is 16.5. The first kappa shape index (κ1) is 9.43.